The van der Waals surface area contributed by atoms with E-state index in [4.69, 9.17) is 0 Å². The predicted molar refractivity (Wildman–Crippen MR) is 60.6 cm³/mol. The highest BCUT2D eigenvalue weighted by molar-refractivity contribution is 7.85. The fourth-order valence-electron chi connectivity index (χ4n) is 0.969. The van der Waals surface area contributed by atoms with Gasteiger partial charge in [0.25, 0.3) is 10.1 Å². The van der Waals surface area contributed by atoms with Crippen molar-refractivity contribution in [1.82, 2.24) is 20.2 Å². The molecule has 2 heterocycles. The molecule has 0 bridgehead atoms. The van der Waals surface area contributed by atoms with Gasteiger partial charge in [-0.05, 0) is 6.07 Å². The van der Waals surface area contributed by atoms with Gasteiger partial charge in [-0.3, -0.25) is 4.18 Å². The second-order valence-corrected chi connectivity index (χ2v) is 5.75. The zero-order valence-corrected chi connectivity index (χ0v) is 10.4. The van der Waals surface area contributed by atoms with Gasteiger partial charge < -0.3 is 0 Å². The number of aromatic nitrogens is 4. The predicted octanol–water partition coefficient (Wildman–Crippen LogP) is 0.471. The Kier molecular flexibility index (Phi) is 3.41. The second-order valence-electron chi connectivity index (χ2n) is 3.04. The highest BCUT2D eigenvalue weighted by Gasteiger charge is 2.10. The van der Waals surface area contributed by atoms with Crippen LogP contribution in [0.3, 0.4) is 0 Å². The van der Waals surface area contributed by atoms with E-state index >= 15 is 0 Å². The van der Waals surface area contributed by atoms with Crippen molar-refractivity contribution in [3.8, 4) is 10.8 Å². The summed E-state index contributed by atoms with van der Waals surface area (Å²) in [6.07, 6.45) is 4.17. The van der Waals surface area contributed by atoms with E-state index in [0.29, 0.717) is 15.8 Å². The molecular weight excluding hydrogens is 264 g/mol. The maximum atomic E-state index is 10.8. The van der Waals surface area contributed by atoms with Crippen LogP contribution in [0, 0.1) is 0 Å². The van der Waals surface area contributed by atoms with Crippen molar-refractivity contribution in [2.45, 2.75) is 6.61 Å². The first-order valence-corrected chi connectivity index (χ1v) is 7.12. The first-order valence-electron chi connectivity index (χ1n) is 4.49. The van der Waals surface area contributed by atoms with Crippen LogP contribution in [0.4, 0.5) is 0 Å². The quantitative estimate of drug-likeness (QED) is 0.746. The summed E-state index contributed by atoms with van der Waals surface area (Å²) in [6.45, 7) is -0.122. The van der Waals surface area contributed by atoms with Crippen LogP contribution in [-0.2, 0) is 20.9 Å². The zero-order valence-electron chi connectivity index (χ0n) is 8.77. The Bertz CT molecular complexity index is 596. The molecule has 2 aromatic heterocycles. The van der Waals surface area contributed by atoms with Crippen molar-refractivity contribution in [1.29, 1.82) is 0 Å². The summed E-state index contributed by atoms with van der Waals surface area (Å²) < 4.78 is 26.2. The molecule has 9 heteroatoms. The Hall–Kier alpha value is -1.45. The van der Waals surface area contributed by atoms with Gasteiger partial charge in [0.1, 0.15) is 11.6 Å². The van der Waals surface area contributed by atoms with Crippen LogP contribution in [0.2, 0.25) is 0 Å². The van der Waals surface area contributed by atoms with Gasteiger partial charge in [0.05, 0.1) is 6.26 Å². The maximum Gasteiger partial charge on any atom is 0.264 e. The minimum Gasteiger partial charge on any atom is -0.263 e. The highest BCUT2D eigenvalue weighted by atomic mass is 32.2. The first-order chi connectivity index (χ1) is 8.04. The van der Waals surface area contributed by atoms with Crippen molar-refractivity contribution in [2.24, 2.45) is 0 Å². The van der Waals surface area contributed by atoms with E-state index in [9.17, 15) is 8.42 Å². The minimum atomic E-state index is -3.47. The lowest BCUT2D eigenvalue weighted by atomic mass is 10.6. The van der Waals surface area contributed by atoms with Crippen LogP contribution in [0.5, 0.6) is 0 Å². The lowest BCUT2D eigenvalue weighted by molar-refractivity contribution is 0.310. The molecule has 0 aliphatic carbocycles. The zero-order chi connectivity index (χ0) is 12.3. The third-order valence-electron chi connectivity index (χ3n) is 1.62. The lowest BCUT2D eigenvalue weighted by Crippen LogP contribution is -2.02. The Labute approximate surface area is 102 Å². The van der Waals surface area contributed by atoms with E-state index < -0.39 is 10.1 Å². The van der Waals surface area contributed by atoms with Gasteiger partial charge in [-0.15, -0.1) is 10.2 Å². The molecule has 0 saturated carbocycles. The fourth-order valence-corrected chi connectivity index (χ4v) is 2.07. The molecule has 0 aliphatic heterocycles. The van der Waals surface area contributed by atoms with Gasteiger partial charge >= 0.3 is 0 Å². The van der Waals surface area contributed by atoms with E-state index in [2.05, 4.69) is 24.3 Å². The molecule has 2 rings (SSSR count). The molecule has 0 spiro atoms. The summed E-state index contributed by atoms with van der Waals surface area (Å²) >= 11 is 1.19. The molecule has 0 atom stereocenters. The van der Waals surface area contributed by atoms with Crippen molar-refractivity contribution < 1.29 is 12.6 Å². The van der Waals surface area contributed by atoms with Crippen LogP contribution >= 0.6 is 11.3 Å². The number of nitrogens with zero attached hydrogens (tertiary/aromatic N) is 4. The van der Waals surface area contributed by atoms with Crippen LogP contribution in [-0.4, -0.2) is 34.8 Å². The Morgan fingerprint density at radius 3 is 2.65 bits per heavy atom. The van der Waals surface area contributed by atoms with Gasteiger partial charge in [-0.25, -0.2) is 9.97 Å². The van der Waals surface area contributed by atoms with Crippen molar-refractivity contribution in [3.63, 3.8) is 0 Å². The molecule has 0 radical (unpaired) electrons. The van der Waals surface area contributed by atoms with Gasteiger partial charge in [0, 0.05) is 12.4 Å². The smallest absolute Gasteiger partial charge is 0.263 e. The monoisotopic (exact) mass is 272 g/mol. The third-order valence-corrected chi connectivity index (χ3v) is 3.06. The standard InChI is InChI=1S/C8H8N4O3S2/c1-17(13,14)15-5-6-11-12-8(16-6)7-9-3-2-4-10-7/h2-4H,5H2,1H3. The van der Waals surface area contributed by atoms with E-state index in [-0.39, 0.29) is 6.61 Å². The van der Waals surface area contributed by atoms with Gasteiger partial charge in [0.15, 0.2) is 10.8 Å². The van der Waals surface area contributed by atoms with Crippen LogP contribution in [0.15, 0.2) is 18.5 Å². The van der Waals surface area contributed by atoms with Gasteiger partial charge in [-0.2, -0.15) is 8.42 Å². The van der Waals surface area contributed by atoms with Gasteiger partial charge in [0.2, 0.25) is 0 Å². The topological polar surface area (TPSA) is 94.9 Å². The summed E-state index contributed by atoms with van der Waals surface area (Å²) in [5.74, 6) is 0.454. The number of rotatable bonds is 4. The second kappa shape index (κ2) is 4.82. The van der Waals surface area contributed by atoms with E-state index in [0.717, 1.165) is 6.26 Å². The molecule has 0 aromatic carbocycles. The van der Waals surface area contributed by atoms with Crippen molar-refractivity contribution >= 4 is 21.5 Å². The average Bonchev–Trinajstić information content (AvgIpc) is 2.75. The normalized spacial score (nSPS) is 11.6. The summed E-state index contributed by atoms with van der Waals surface area (Å²) in [4.78, 5) is 8.02. The third kappa shape index (κ3) is 3.51. The number of hydrogen-bond acceptors (Lipinski definition) is 8. The number of hydrogen-bond donors (Lipinski definition) is 0. The SMILES string of the molecule is CS(=O)(=O)OCc1nnc(-c2ncccn2)s1. The van der Waals surface area contributed by atoms with Crippen molar-refractivity contribution in [2.75, 3.05) is 6.26 Å². The lowest BCUT2D eigenvalue weighted by Gasteiger charge is -1.95. The molecule has 0 amide bonds. The minimum absolute atomic E-state index is 0.122. The van der Waals surface area contributed by atoms with Crippen LogP contribution in [0.25, 0.3) is 10.8 Å². The maximum absolute atomic E-state index is 10.8. The van der Waals surface area contributed by atoms with E-state index in [1.807, 2.05) is 0 Å². The first kappa shape index (κ1) is 12.0. The molecular formula is C8H8N4O3S2. The molecule has 0 saturated heterocycles. The Balaban J connectivity index is 2.12. The average molecular weight is 272 g/mol. The Morgan fingerprint density at radius 2 is 2.00 bits per heavy atom. The molecule has 0 fully saturated rings. The van der Waals surface area contributed by atoms with Crippen LogP contribution < -0.4 is 0 Å². The molecule has 7 nitrogen and oxygen atoms in total. The van der Waals surface area contributed by atoms with Gasteiger partial charge in [-0.1, -0.05) is 11.3 Å². The molecule has 2 aromatic rings. The summed E-state index contributed by atoms with van der Waals surface area (Å²) in [5, 5.41) is 8.63. The molecule has 0 aliphatic rings. The van der Waals surface area contributed by atoms with E-state index in [1.165, 1.54) is 11.3 Å². The molecule has 0 N–H and O–H groups in total. The van der Waals surface area contributed by atoms with E-state index in [1.54, 1.807) is 18.5 Å². The van der Waals surface area contributed by atoms with Crippen molar-refractivity contribution in [3.05, 3.63) is 23.5 Å². The largest absolute Gasteiger partial charge is 0.264 e. The summed E-state index contributed by atoms with van der Waals surface area (Å²) in [5.41, 5.74) is 0. The molecule has 90 valence electrons. The summed E-state index contributed by atoms with van der Waals surface area (Å²) in [6, 6.07) is 1.69. The molecule has 0 unspecified atom stereocenters. The molecule has 17 heavy (non-hydrogen) atoms. The fraction of sp³-hybridized carbons (Fsp3) is 0.250. The highest BCUT2D eigenvalue weighted by Crippen LogP contribution is 2.19. The Morgan fingerprint density at radius 1 is 1.29 bits per heavy atom. The van der Waals surface area contributed by atoms with Crippen LogP contribution in [0.1, 0.15) is 5.01 Å². The summed E-state index contributed by atoms with van der Waals surface area (Å²) in [7, 11) is -3.47.